The van der Waals surface area contributed by atoms with Gasteiger partial charge in [0, 0.05) is 55.8 Å². The van der Waals surface area contributed by atoms with Crippen LogP contribution >= 0.6 is 0 Å². The predicted octanol–water partition coefficient (Wildman–Crippen LogP) is -0.371. The molecule has 0 radical (unpaired) electrons. The van der Waals surface area contributed by atoms with Gasteiger partial charge >= 0.3 is 0 Å². The van der Waals surface area contributed by atoms with Crippen molar-refractivity contribution in [3.05, 3.63) is 121 Å². The summed E-state index contributed by atoms with van der Waals surface area (Å²) < 4.78 is 0. The van der Waals surface area contributed by atoms with Gasteiger partial charge in [0.15, 0.2) is 40.5 Å². The molecule has 8 aliphatic rings. The summed E-state index contributed by atoms with van der Waals surface area (Å²) in [6.45, 7) is 11.8. The van der Waals surface area contributed by atoms with Gasteiger partial charge in [-0.1, -0.05) is 11.7 Å². The SMILES string of the molecule is C=C1CN2C=CC=CN2N=N1.C=C1N=C2N=CC=NC2NO1.CC1=NN2C=CC=CN2N=N1.CC1N=c2nccnc2=NO1.OC1CN=c2nccnc2=N1. The summed E-state index contributed by atoms with van der Waals surface area (Å²) in [5.41, 5.74) is 5.34. The van der Waals surface area contributed by atoms with Crippen LogP contribution in [-0.2, 0) is 9.68 Å². The molecule has 55 heavy (non-hydrogen) atoms. The molecule has 8 aliphatic heterocycles. The van der Waals surface area contributed by atoms with Crippen LogP contribution in [0.4, 0.5) is 0 Å². The number of hydrogen-bond donors (Lipinski definition) is 2. The van der Waals surface area contributed by atoms with E-state index in [-0.39, 0.29) is 18.9 Å². The van der Waals surface area contributed by atoms with Gasteiger partial charge in [-0.2, -0.15) is 15.2 Å². The zero-order chi connectivity index (χ0) is 38.4. The highest BCUT2D eigenvalue weighted by atomic mass is 16.7. The van der Waals surface area contributed by atoms with Crippen LogP contribution in [0.5, 0.6) is 0 Å². The molecule has 24 heteroatoms. The number of aliphatic hydroxyl groups excluding tert-OH is 1. The number of aromatic nitrogens is 4. The molecule has 0 fully saturated rings. The van der Waals surface area contributed by atoms with E-state index in [4.69, 9.17) is 14.8 Å². The minimum atomic E-state index is -0.751. The smallest absolute Gasteiger partial charge is 0.236 e. The summed E-state index contributed by atoms with van der Waals surface area (Å²) in [5, 5.41) is 38.9. The number of aliphatic imine (C=N–C) groups is 3. The summed E-state index contributed by atoms with van der Waals surface area (Å²) >= 11 is 0. The maximum Gasteiger partial charge on any atom is 0.236 e. The lowest BCUT2D eigenvalue weighted by Gasteiger charge is -2.31. The van der Waals surface area contributed by atoms with Crippen LogP contribution in [-0.4, -0.2) is 101 Å². The van der Waals surface area contributed by atoms with Crippen molar-refractivity contribution in [1.82, 2.24) is 45.8 Å². The molecule has 0 aromatic carbocycles. The molecular weight excluding hydrogens is 714 g/mol. The highest BCUT2D eigenvalue weighted by molar-refractivity contribution is 6.22. The molecule has 10 rings (SSSR count). The number of aliphatic hydroxyl groups is 1. The number of rotatable bonds is 0. The van der Waals surface area contributed by atoms with E-state index in [0.29, 0.717) is 46.0 Å². The van der Waals surface area contributed by atoms with Crippen LogP contribution < -0.4 is 27.4 Å². The topological polar surface area (TPSA) is 264 Å². The van der Waals surface area contributed by atoms with Crippen LogP contribution in [0, 0.1) is 0 Å². The lowest BCUT2D eigenvalue weighted by atomic mass is 10.4. The molecule has 280 valence electrons. The van der Waals surface area contributed by atoms with E-state index in [2.05, 4.69) is 99.5 Å². The van der Waals surface area contributed by atoms with E-state index in [9.17, 15) is 0 Å². The fourth-order valence-corrected chi connectivity index (χ4v) is 4.28. The Kier molecular flexibility index (Phi) is 12.3. The summed E-state index contributed by atoms with van der Waals surface area (Å²) in [5.74, 6) is 1.55. The summed E-state index contributed by atoms with van der Waals surface area (Å²) in [7, 11) is 0. The zero-order valence-electron chi connectivity index (χ0n) is 29.4. The minimum absolute atomic E-state index is 0.251. The zero-order valence-corrected chi connectivity index (χ0v) is 29.4. The Labute approximate surface area is 311 Å². The van der Waals surface area contributed by atoms with E-state index < -0.39 is 6.23 Å². The molecule has 0 saturated heterocycles. The van der Waals surface area contributed by atoms with Crippen molar-refractivity contribution in [2.24, 2.45) is 60.9 Å². The maximum atomic E-state index is 9.03. The number of hydroxylamine groups is 1. The molecule has 10 heterocycles. The fraction of sp³-hybridized carbons (Fsp3) is 0.226. The number of amidine groups is 2. The van der Waals surface area contributed by atoms with Crippen LogP contribution in [0.1, 0.15) is 13.8 Å². The molecule has 0 aliphatic carbocycles. The molecule has 3 unspecified atom stereocenters. The van der Waals surface area contributed by atoms with Gasteiger partial charge in [-0.25, -0.2) is 34.9 Å². The number of fused-ring (bicyclic) bond motifs is 5. The maximum absolute atomic E-state index is 9.03. The summed E-state index contributed by atoms with van der Waals surface area (Å²) in [4.78, 5) is 49.1. The predicted molar refractivity (Wildman–Crippen MR) is 192 cm³/mol. The van der Waals surface area contributed by atoms with E-state index >= 15 is 0 Å². The standard InChI is InChI=1S/C7H8N4.C6H7N5.3C6H6N4O/c1-7-6-10-4-2-3-5-11(10)9-8-7;1-6-7-9-11-5-3-2-4-10(11)8-6;2*1-4-9-5-6(10-11-4)8-3-2-7-5;11-4-3-9-5-6(10-4)8-2-1-7-5/h2-5H,1,6H2;2-5H,1H3;2-4H,1H3;2-3,6,10H,1H2;1-2,4,11H,3H2. The molecule has 3 atom stereocenters. The lowest BCUT2D eigenvalue weighted by molar-refractivity contribution is 0.0566. The normalized spacial score (nSPS) is 22.1. The van der Waals surface area contributed by atoms with Crippen LogP contribution in [0.15, 0.2) is 160 Å². The van der Waals surface area contributed by atoms with Gasteiger partial charge in [0.25, 0.3) is 0 Å². The van der Waals surface area contributed by atoms with Crippen molar-refractivity contribution < 1.29 is 14.8 Å². The molecule has 0 saturated carbocycles. The highest BCUT2D eigenvalue weighted by Crippen LogP contribution is 2.16. The van der Waals surface area contributed by atoms with E-state index in [1.54, 1.807) is 66.4 Å². The third kappa shape index (κ3) is 10.7. The first-order valence-corrected chi connectivity index (χ1v) is 16.2. The van der Waals surface area contributed by atoms with Gasteiger partial charge in [-0.05, 0) is 55.2 Å². The fourth-order valence-electron chi connectivity index (χ4n) is 4.28. The van der Waals surface area contributed by atoms with Crippen LogP contribution in [0.25, 0.3) is 0 Å². The second-order valence-corrected chi connectivity index (χ2v) is 10.9. The molecule has 0 amide bonds. The molecular formula is C31H33N21O3. The number of hydrogen-bond acceptors (Lipinski definition) is 24. The Morgan fingerprint density at radius 2 is 1.47 bits per heavy atom. The first-order chi connectivity index (χ1) is 26.8. The molecule has 0 spiro atoms. The average Bonchev–Trinajstić information content (AvgIpc) is 3.21. The van der Waals surface area contributed by atoms with E-state index in [0.717, 1.165) is 5.70 Å². The van der Waals surface area contributed by atoms with E-state index in [1.807, 2.05) is 47.9 Å². The Morgan fingerprint density at radius 3 is 2.27 bits per heavy atom. The van der Waals surface area contributed by atoms with Gasteiger partial charge in [-0.3, -0.25) is 15.0 Å². The van der Waals surface area contributed by atoms with Crippen molar-refractivity contribution in [3.8, 4) is 0 Å². The number of hydrazine groups is 2. The number of allylic oxidation sites excluding steroid dienone is 4. The lowest BCUT2D eigenvalue weighted by Crippen LogP contribution is -2.39. The molecule has 2 N–H and O–H groups in total. The first-order valence-electron chi connectivity index (χ1n) is 16.2. The second kappa shape index (κ2) is 18.2. The van der Waals surface area contributed by atoms with Crippen molar-refractivity contribution in [3.63, 3.8) is 0 Å². The van der Waals surface area contributed by atoms with Gasteiger partial charge in [0.05, 0.1) is 25.0 Å². The molecule has 2 aromatic heterocycles. The average molecular weight is 748 g/mol. The van der Waals surface area contributed by atoms with Crippen molar-refractivity contribution in [2.45, 2.75) is 32.5 Å². The Bertz CT molecular complexity index is 2230. The quantitative estimate of drug-likeness (QED) is 0.350. The largest absolute Gasteiger partial charge is 0.386 e. The first kappa shape index (κ1) is 37.2. The Hall–Kier alpha value is -7.60. The summed E-state index contributed by atoms with van der Waals surface area (Å²) in [6, 6.07) is 0. The third-order valence-corrected chi connectivity index (χ3v) is 6.64. The highest BCUT2D eigenvalue weighted by Gasteiger charge is 2.21. The number of nitrogens with zero attached hydrogens (tertiary/aromatic N) is 20. The molecule has 24 nitrogen and oxygen atoms in total. The number of hydrazone groups is 1. The second-order valence-electron chi connectivity index (χ2n) is 10.9. The van der Waals surface area contributed by atoms with Gasteiger partial charge in [-0.15, -0.1) is 25.9 Å². The monoisotopic (exact) mass is 747 g/mol. The molecule has 2 aromatic rings. The summed E-state index contributed by atoms with van der Waals surface area (Å²) in [6.07, 6.45) is 23.1. The van der Waals surface area contributed by atoms with Crippen molar-refractivity contribution in [1.29, 1.82) is 0 Å². The van der Waals surface area contributed by atoms with Gasteiger partial charge < -0.3 is 14.8 Å². The molecule has 0 bridgehead atoms. The minimum Gasteiger partial charge on any atom is -0.386 e. The Morgan fingerprint density at radius 1 is 0.800 bits per heavy atom. The van der Waals surface area contributed by atoms with E-state index in [1.165, 1.54) is 6.20 Å². The third-order valence-electron chi connectivity index (χ3n) is 6.64. The Balaban J connectivity index is 0.000000117. The van der Waals surface area contributed by atoms with Crippen molar-refractivity contribution in [2.75, 3.05) is 13.1 Å². The van der Waals surface area contributed by atoms with Gasteiger partial charge in [0.1, 0.15) is 0 Å². The van der Waals surface area contributed by atoms with Crippen LogP contribution in [0.2, 0.25) is 0 Å². The van der Waals surface area contributed by atoms with Crippen LogP contribution in [0.3, 0.4) is 0 Å². The number of nitrogens with one attached hydrogen (secondary N) is 1. The van der Waals surface area contributed by atoms with Crippen molar-refractivity contribution >= 4 is 24.1 Å². The van der Waals surface area contributed by atoms with Gasteiger partial charge in [0.2, 0.25) is 17.6 Å².